The molecule has 0 saturated carbocycles. The maximum absolute atomic E-state index is 12.0. The second-order valence-electron chi connectivity index (χ2n) is 4.17. The van der Waals surface area contributed by atoms with Crippen LogP contribution in [0.15, 0.2) is 54.6 Å². The Morgan fingerprint density at radius 1 is 0.950 bits per heavy atom. The van der Waals surface area contributed by atoms with Crippen molar-refractivity contribution in [3.8, 4) is 5.75 Å². The summed E-state index contributed by atoms with van der Waals surface area (Å²) in [6.07, 6.45) is 0. The molecule has 0 radical (unpaired) electrons. The monoisotopic (exact) mass is 271 g/mol. The van der Waals surface area contributed by atoms with E-state index in [1.54, 1.807) is 42.5 Å². The molecule has 0 saturated heterocycles. The van der Waals surface area contributed by atoms with Crippen LogP contribution >= 0.6 is 0 Å². The number of aromatic hydroxyl groups is 1. The number of hydrogen-bond acceptors (Lipinski definition) is 3. The SMILES string of the molecule is O=C(N[C@@H](C(=O)O)c1ccccc1)c1ccccc1O. The van der Waals surface area contributed by atoms with Crippen molar-refractivity contribution in [2.45, 2.75) is 6.04 Å². The maximum atomic E-state index is 12.0. The van der Waals surface area contributed by atoms with E-state index >= 15 is 0 Å². The number of para-hydroxylation sites is 1. The van der Waals surface area contributed by atoms with Gasteiger partial charge in [0.1, 0.15) is 5.75 Å². The van der Waals surface area contributed by atoms with Crippen molar-refractivity contribution in [3.63, 3.8) is 0 Å². The number of nitrogens with one attached hydrogen (secondary N) is 1. The van der Waals surface area contributed by atoms with Crippen LogP contribution in [-0.4, -0.2) is 22.1 Å². The Bertz CT molecular complexity index is 625. The molecule has 2 rings (SSSR count). The highest BCUT2D eigenvalue weighted by Gasteiger charge is 2.23. The Hall–Kier alpha value is -2.82. The summed E-state index contributed by atoms with van der Waals surface area (Å²) < 4.78 is 0. The molecule has 5 nitrogen and oxygen atoms in total. The van der Waals surface area contributed by atoms with Gasteiger partial charge in [0.25, 0.3) is 5.91 Å². The van der Waals surface area contributed by atoms with Gasteiger partial charge in [0.05, 0.1) is 5.56 Å². The number of amides is 1. The summed E-state index contributed by atoms with van der Waals surface area (Å²) in [6, 6.07) is 13.2. The summed E-state index contributed by atoms with van der Waals surface area (Å²) >= 11 is 0. The second-order valence-corrected chi connectivity index (χ2v) is 4.17. The summed E-state index contributed by atoms with van der Waals surface area (Å²) in [5.41, 5.74) is 0.499. The predicted molar refractivity (Wildman–Crippen MR) is 72.4 cm³/mol. The first-order valence-electron chi connectivity index (χ1n) is 5.96. The zero-order chi connectivity index (χ0) is 14.5. The minimum absolute atomic E-state index is 0.0367. The quantitative estimate of drug-likeness (QED) is 0.793. The molecule has 0 heterocycles. The summed E-state index contributed by atoms with van der Waals surface area (Å²) in [6.45, 7) is 0. The standard InChI is InChI=1S/C15H13NO4/c17-12-9-5-4-8-11(12)14(18)16-13(15(19)20)10-6-2-1-3-7-10/h1-9,13,17H,(H,16,18)(H,19,20)/t13-/m1/s1. The smallest absolute Gasteiger partial charge is 0.330 e. The molecule has 0 aliphatic carbocycles. The molecule has 0 spiro atoms. The Kier molecular flexibility index (Phi) is 4.00. The van der Waals surface area contributed by atoms with E-state index in [1.807, 2.05) is 0 Å². The summed E-state index contributed by atoms with van der Waals surface area (Å²) in [5, 5.41) is 21.2. The number of aliphatic carboxylic acids is 1. The molecule has 5 heteroatoms. The first-order chi connectivity index (χ1) is 9.59. The fourth-order valence-electron chi connectivity index (χ4n) is 1.81. The molecule has 0 aliphatic heterocycles. The predicted octanol–water partition coefficient (Wildman–Crippen LogP) is 1.95. The van der Waals surface area contributed by atoms with Crippen LogP contribution in [0.3, 0.4) is 0 Å². The normalized spacial score (nSPS) is 11.6. The van der Waals surface area contributed by atoms with Gasteiger partial charge in [-0.25, -0.2) is 4.79 Å². The van der Waals surface area contributed by atoms with Crippen molar-refractivity contribution in [3.05, 3.63) is 65.7 Å². The fraction of sp³-hybridized carbons (Fsp3) is 0.0667. The van der Waals surface area contributed by atoms with Gasteiger partial charge in [-0.15, -0.1) is 0 Å². The molecular formula is C15H13NO4. The number of carboxylic acid groups (broad SMARTS) is 1. The zero-order valence-electron chi connectivity index (χ0n) is 10.5. The van der Waals surface area contributed by atoms with Gasteiger partial charge in [0.15, 0.2) is 6.04 Å². The van der Waals surface area contributed by atoms with Crippen molar-refractivity contribution >= 4 is 11.9 Å². The topological polar surface area (TPSA) is 86.6 Å². The molecule has 2 aromatic rings. The number of hydrogen-bond donors (Lipinski definition) is 3. The van der Waals surface area contributed by atoms with Gasteiger partial charge in [0, 0.05) is 0 Å². The number of carboxylic acids is 1. The molecule has 0 unspecified atom stereocenters. The minimum Gasteiger partial charge on any atom is -0.507 e. The second kappa shape index (κ2) is 5.88. The molecule has 0 aliphatic rings. The fourth-order valence-corrected chi connectivity index (χ4v) is 1.81. The van der Waals surface area contributed by atoms with E-state index in [-0.39, 0.29) is 11.3 Å². The van der Waals surface area contributed by atoms with Crippen molar-refractivity contribution in [1.29, 1.82) is 0 Å². The van der Waals surface area contributed by atoms with E-state index in [0.717, 1.165) is 0 Å². The lowest BCUT2D eigenvalue weighted by atomic mass is 10.1. The maximum Gasteiger partial charge on any atom is 0.330 e. The molecule has 20 heavy (non-hydrogen) atoms. The lowest BCUT2D eigenvalue weighted by Gasteiger charge is -2.15. The Balaban J connectivity index is 2.24. The van der Waals surface area contributed by atoms with Gasteiger partial charge < -0.3 is 15.5 Å². The van der Waals surface area contributed by atoms with E-state index in [4.69, 9.17) is 0 Å². The first-order valence-corrected chi connectivity index (χ1v) is 5.96. The third-order valence-corrected chi connectivity index (χ3v) is 2.80. The van der Waals surface area contributed by atoms with Crippen LogP contribution in [0.2, 0.25) is 0 Å². The molecule has 3 N–H and O–H groups in total. The Morgan fingerprint density at radius 3 is 2.15 bits per heavy atom. The van der Waals surface area contributed by atoms with E-state index in [2.05, 4.69) is 5.32 Å². The number of carbonyl (C=O) groups excluding carboxylic acids is 1. The highest BCUT2D eigenvalue weighted by atomic mass is 16.4. The van der Waals surface area contributed by atoms with Gasteiger partial charge in [-0.2, -0.15) is 0 Å². The molecule has 0 bridgehead atoms. The number of carbonyl (C=O) groups is 2. The lowest BCUT2D eigenvalue weighted by Crippen LogP contribution is -2.33. The summed E-state index contributed by atoms with van der Waals surface area (Å²) in [4.78, 5) is 23.3. The molecule has 0 aromatic heterocycles. The lowest BCUT2D eigenvalue weighted by molar-refractivity contribution is -0.139. The summed E-state index contributed by atoms with van der Waals surface area (Å²) in [7, 11) is 0. The highest BCUT2D eigenvalue weighted by molar-refractivity contribution is 5.98. The van der Waals surface area contributed by atoms with E-state index in [0.29, 0.717) is 5.56 Å². The van der Waals surface area contributed by atoms with E-state index in [9.17, 15) is 19.8 Å². The van der Waals surface area contributed by atoms with Crippen LogP contribution in [0.4, 0.5) is 0 Å². The number of rotatable bonds is 4. The van der Waals surface area contributed by atoms with Gasteiger partial charge in [-0.1, -0.05) is 42.5 Å². The Morgan fingerprint density at radius 2 is 1.55 bits per heavy atom. The largest absolute Gasteiger partial charge is 0.507 e. The average molecular weight is 271 g/mol. The van der Waals surface area contributed by atoms with Crippen LogP contribution < -0.4 is 5.32 Å². The molecular weight excluding hydrogens is 258 g/mol. The summed E-state index contributed by atoms with van der Waals surface area (Å²) in [5.74, 6) is -2.00. The highest BCUT2D eigenvalue weighted by Crippen LogP contribution is 2.18. The molecule has 0 fully saturated rings. The van der Waals surface area contributed by atoms with Gasteiger partial charge in [-0.3, -0.25) is 4.79 Å². The third-order valence-electron chi connectivity index (χ3n) is 2.80. The van der Waals surface area contributed by atoms with Gasteiger partial charge >= 0.3 is 5.97 Å². The molecule has 2 aromatic carbocycles. The minimum atomic E-state index is -1.17. The van der Waals surface area contributed by atoms with E-state index in [1.165, 1.54) is 12.1 Å². The Labute approximate surface area is 115 Å². The van der Waals surface area contributed by atoms with E-state index < -0.39 is 17.9 Å². The van der Waals surface area contributed by atoms with Crippen molar-refractivity contribution in [2.75, 3.05) is 0 Å². The van der Waals surface area contributed by atoms with Crippen LogP contribution in [-0.2, 0) is 4.79 Å². The molecule has 1 atom stereocenters. The van der Waals surface area contributed by atoms with Crippen LogP contribution in [0.25, 0.3) is 0 Å². The zero-order valence-corrected chi connectivity index (χ0v) is 10.5. The molecule has 102 valence electrons. The number of benzene rings is 2. The first kappa shape index (κ1) is 13.6. The van der Waals surface area contributed by atoms with Crippen LogP contribution in [0.1, 0.15) is 22.0 Å². The van der Waals surface area contributed by atoms with Crippen LogP contribution in [0.5, 0.6) is 5.75 Å². The average Bonchev–Trinajstić information content (AvgIpc) is 2.45. The number of phenolic OH excluding ortho intramolecular Hbond substituents is 1. The van der Waals surface area contributed by atoms with Crippen molar-refractivity contribution in [1.82, 2.24) is 5.32 Å². The van der Waals surface area contributed by atoms with Crippen LogP contribution in [0, 0.1) is 0 Å². The third kappa shape index (κ3) is 2.95. The van der Waals surface area contributed by atoms with Crippen molar-refractivity contribution < 1.29 is 19.8 Å². The molecule has 1 amide bonds. The van der Waals surface area contributed by atoms with Gasteiger partial charge in [0.2, 0.25) is 0 Å². The van der Waals surface area contributed by atoms with Crippen molar-refractivity contribution in [2.24, 2.45) is 0 Å². The number of phenols is 1. The van der Waals surface area contributed by atoms with Gasteiger partial charge in [-0.05, 0) is 17.7 Å².